The Labute approximate surface area is 364 Å². The normalized spacial score (nSPS) is 15.0. The maximum absolute atomic E-state index is 6.62. The Morgan fingerprint density at radius 3 is 1.89 bits per heavy atom. The number of hydrogen-bond donors (Lipinski definition) is 3. The molecule has 1 spiro atoms. The van der Waals surface area contributed by atoms with Crippen LogP contribution in [0.25, 0.3) is 33.5 Å². The molecule has 0 fully saturated rings. The highest BCUT2D eigenvalue weighted by Gasteiger charge is 2.53. The number of rotatable bonds is 9. The summed E-state index contributed by atoms with van der Waals surface area (Å²) in [7, 11) is 0. The first kappa shape index (κ1) is 37.3. The first-order chi connectivity index (χ1) is 30.7. The molecule has 0 saturated heterocycles. The highest BCUT2D eigenvalue weighted by molar-refractivity contribution is 5.98. The summed E-state index contributed by atoms with van der Waals surface area (Å²) in [5.74, 6) is 0. The smallest absolute Gasteiger partial charge is 0.0901 e. The van der Waals surface area contributed by atoms with E-state index in [1.54, 1.807) is 0 Å². The summed E-state index contributed by atoms with van der Waals surface area (Å²) in [4.78, 5) is 2.43. The molecule has 0 amide bonds. The van der Waals surface area contributed by atoms with Crippen LogP contribution < -0.4 is 21.3 Å². The minimum absolute atomic E-state index is 0.0447. The predicted octanol–water partition coefficient (Wildman–Crippen LogP) is 12.9. The summed E-state index contributed by atoms with van der Waals surface area (Å²) in [5.41, 5.74) is 26.3. The second-order valence-corrected chi connectivity index (χ2v) is 16.3. The third-order valence-corrected chi connectivity index (χ3v) is 12.8. The number of nitrogens with one attached hydrogen (secondary N) is 2. The summed E-state index contributed by atoms with van der Waals surface area (Å²) in [5, 5.41) is 7.69. The molecule has 4 N–H and O–H groups in total. The maximum atomic E-state index is 6.62. The Bertz CT molecular complexity index is 2970. The van der Waals surface area contributed by atoms with Crippen molar-refractivity contribution >= 4 is 28.3 Å². The van der Waals surface area contributed by atoms with E-state index in [4.69, 9.17) is 5.73 Å². The van der Waals surface area contributed by atoms with Gasteiger partial charge in [-0.2, -0.15) is 0 Å². The van der Waals surface area contributed by atoms with Crippen LogP contribution in [0, 0.1) is 0 Å². The number of hydrogen-bond acceptors (Lipinski definition) is 4. The Balaban J connectivity index is 0.928. The lowest BCUT2D eigenvalue weighted by atomic mass is 9.65. The number of anilines is 3. The molecule has 3 aliphatic rings. The van der Waals surface area contributed by atoms with Crippen molar-refractivity contribution in [2.45, 2.75) is 18.0 Å². The molecule has 2 heterocycles. The summed E-state index contributed by atoms with van der Waals surface area (Å²) in [6.07, 6.45) is 6.69. The topological polar surface area (TPSA) is 53.3 Å². The molecule has 0 aromatic heterocycles. The average molecular weight is 799 g/mol. The fraction of sp³-hybridized carbons (Fsp3) is 0.0690. The number of dihydropyridines is 1. The van der Waals surface area contributed by atoms with Gasteiger partial charge in [-0.25, -0.2) is 0 Å². The molecule has 0 radical (unpaired) electrons. The van der Waals surface area contributed by atoms with Crippen molar-refractivity contribution in [1.82, 2.24) is 10.6 Å². The van der Waals surface area contributed by atoms with Crippen LogP contribution in [0.5, 0.6) is 0 Å². The van der Waals surface area contributed by atoms with E-state index in [2.05, 4.69) is 216 Å². The minimum Gasteiger partial charge on any atom is -0.398 e. The van der Waals surface area contributed by atoms with Gasteiger partial charge >= 0.3 is 0 Å². The first-order valence-electron chi connectivity index (χ1n) is 21.5. The van der Waals surface area contributed by atoms with E-state index in [0.717, 1.165) is 23.5 Å². The van der Waals surface area contributed by atoms with Crippen molar-refractivity contribution in [1.29, 1.82) is 0 Å². The van der Waals surface area contributed by atoms with Crippen molar-refractivity contribution in [3.63, 3.8) is 0 Å². The molecule has 4 heteroatoms. The van der Waals surface area contributed by atoms with Crippen molar-refractivity contribution in [3.8, 4) is 22.3 Å². The Morgan fingerprint density at radius 2 is 1.19 bits per heavy atom. The maximum Gasteiger partial charge on any atom is 0.0901 e. The van der Waals surface area contributed by atoms with Gasteiger partial charge in [0.05, 0.1) is 22.8 Å². The number of nitrogens with two attached hydrogens (primary N) is 1. The van der Waals surface area contributed by atoms with Crippen LogP contribution in [0.3, 0.4) is 0 Å². The largest absolute Gasteiger partial charge is 0.398 e. The molecule has 8 aromatic rings. The Hall–Kier alpha value is -7.66. The molecule has 1 aliphatic carbocycles. The van der Waals surface area contributed by atoms with Crippen LogP contribution in [0.15, 0.2) is 230 Å². The van der Waals surface area contributed by atoms with E-state index in [1.165, 1.54) is 78.3 Å². The van der Waals surface area contributed by atoms with Crippen LogP contribution in [0.1, 0.15) is 45.0 Å². The van der Waals surface area contributed by atoms with Gasteiger partial charge in [-0.1, -0.05) is 182 Å². The van der Waals surface area contributed by atoms with Gasteiger partial charge < -0.3 is 21.3 Å². The summed E-state index contributed by atoms with van der Waals surface area (Å²) in [6.45, 7) is 1.48. The van der Waals surface area contributed by atoms with E-state index >= 15 is 0 Å². The molecule has 4 nitrogen and oxygen atoms in total. The molecule has 1 atom stereocenters. The van der Waals surface area contributed by atoms with Crippen molar-refractivity contribution < 1.29 is 0 Å². The Kier molecular flexibility index (Phi) is 9.48. The lowest BCUT2D eigenvalue weighted by molar-refractivity contribution is 0.621. The van der Waals surface area contributed by atoms with Gasteiger partial charge in [0.15, 0.2) is 0 Å². The second-order valence-electron chi connectivity index (χ2n) is 16.3. The van der Waals surface area contributed by atoms with Crippen LogP contribution in [-0.2, 0) is 12.0 Å². The van der Waals surface area contributed by atoms with Gasteiger partial charge in [-0.3, -0.25) is 0 Å². The summed E-state index contributed by atoms with van der Waals surface area (Å²) >= 11 is 0. The van der Waals surface area contributed by atoms with Gasteiger partial charge in [0, 0.05) is 35.7 Å². The van der Waals surface area contributed by atoms with Crippen LogP contribution in [-0.4, -0.2) is 6.54 Å². The molecule has 0 bridgehead atoms. The molecule has 62 heavy (non-hydrogen) atoms. The van der Waals surface area contributed by atoms with Crippen molar-refractivity contribution in [2.75, 3.05) is 11.4 Å². The van der Waals surface area contributed by atoms with Gasteiger partial charge in [0.1, 0.15) is 0 Å². The zero-order valence-corrected chi connectivity index (χ0v) is 34.4. The zero-order chi connectivity index (χ0) is 41.5. The highest BCUT2D eigenvalue weighted by atomic mass is 15.2. The molecule has 0 saturated carbocycles. The number of allylic oxidation sites excluding steroid dienone is 3. The van der Waals surface area contributed by atoms with Crippen LogP contribution in [0.4, 0.5) is 17.1 Å². The number of benzene rings is 8. The van der Waals surface area contributed by atoms with Crippen molar-refractivity contribution in [2.24, 2.45) is 5.73 Å². The Morgan fingerprint density at radius 1 is 0.597 bits per heavy atom. The molecular formula is C58H46N4. The molecular weight excluding hydrogens is 753 g/mol. The van der Waals surface area contributed by atoms with Gasteiger partial charge in [0.25, 0.3) is 0 Å². The number of nitrogens with zero attached hydrogens (tertiary/aromatic N) is 1. The van der Waals surface area contributed by atoms with Gasteiger partial charge in [-0.15, -0.1) is 0 Å². The first-order valence-corrected chi connectivity index (χ1v) is 21.5. The number of fused-ring (bicyclic) bond motifs is 8. The van der Waals surface area contributed by atoms with E-state index in [9.17, 15) is 0 Å². The third-order valence-electron chi connectivity index (χ3n) is 12.8. The predicted molar refractivity (Wildman–Crippen MR) is 257 cm³/mol. The van der Waals surface area contributed by atoms with Crippen molar-refractivity contribution in [3.05, 3.63) is 269 Å². The van der Waals surface area contributed by atoms with E-state index < -0.39 is 5.41 Å². The lowest BCUT2D eigenvalue weighted by Crippen LogP contribution is -2.41. The van der Waals surface area contributed by atoms with E-state index in [1.807, 2.05) is 24.3 Å². The van der Waals surface area contributed by atoms with E-state index in [-0.39, 0.29) is 6.04 Å². The van der Waals surface area contributed by atoms with Crippen LogP contribution in [0.2, 0.25) is 0 Å². The van der Waals surface area contributed by atoms with E-state index in [0.29, 0.717) is 6.54 Å². The quantitative estimate of drug-likeness (QED) is 0.136. The minimum atomic E-state index is -0.513. The van der Waals surface area contributed by atoms with Gasteiger partial charge in [0.2, 0.25) is 0 Å². The third kappa shape index (κ3) is 6.35. The molecule has 11 rings (SSSR count). The fourth-order valence-corrected chi connectivity index (χ4v) is 9.92. The monoisotopic (exact) mass is 798 g/mol. The SMILES string of the molecule is N/C(=C\C(NCc1cccc(-c2ccc(-c3ccc4c(c3)C3(C5=C4C=CCN5)c4ccccc4N(c4ccccc4)c4ccccc43)cc2)c1)c1ccccc1)c1ccccc1. The molecule has 8 aromatic carbocycles. The highest BCUT2D eigenvalue weighted by Crippen LogP contribution is 2.62. The number of para-hydroxylation sites is 3. The van der Waals surface area contributed by atoms with Crippen LogP contribution >= 0.6 is 0 Å². The summed E-state index contributed by atoms with van der Waals surface area (Å²) < 4.78 is 0. The van der Waals surface area contributed by atoms with Gasteiger partial charge in [-0.05, 0) is 104 Å². The summed E-state index contributed by atoms with van der Waals surface area (Å²) in [6, 6.07) is 74.4. The second kappa shape index (κ2) is 15.7. The standard InChI is InChI=1S/C58H46N4/c59-53(43-17-4-1-5-18-43)38-54(44-19-6-2-7-20-44)61-39-40-16-14-21-45(36-40)41-29-31-42(32-30-41)46-33-34-48-49-24-15-35-60-57(49)58(52(48)37-46)50-25-10-12-27-55(50)62(47-22-8-3-9-23-47)56-28-13-11-26-51(56)58/h1-34,36-38,54,60-61H,35,39,59H2/b53-38-. The average Bonchev–Trinajstić information content (AvgIpc) is 3.64. The fourth-order valence-electron chi connectivity index (χ4n) is 9.92. The molecule has 2 aliphatic heterocycles. The molecule has 1 unspecified atom stereocenters. The lowest BCUT2D eigenvalue weighted by Gasteiger charge is -2.46. The zero-order valence-electron chi connectivity index (χ0n) is 34.4. The molecule has 298 valence electrons.